The van der Waals surface area contributed by atoms with Crippen LogP contribution in [0.25, 0.3) is 10.9 Å². The average molecular weight is 530 g/mol. The van der Waals surface area contributed by atoms with Crippen molar-refractivity contribution in [3.63, 3.8) is 0 Å². The average Bonchev–Trinajstić information content (AvgIpc) is 3.63. The number of carbonyl (C=O) groups excluding carboxylic acids is 1. The molecule has 0 aliphatic carbocycles. The van der Waals surface area contributed by atoms with Gasteiger partial charge in [0.2, 0.25) is 0 Å². The van der Waals surface area contributed by atoms with Gasteiger partial charge in [-0.05, 0) is 37.3 Å². The summed E-state index contributed by atoms with van der Waals surface area (Å²) in [6.45, 7) is 3.39. The lowest BCUT2D eigenvalue weighted by atomic mass is 10.2. The molecule has 0 saturated carbocycles. The Labute approximate surface area is 224 Å². The molecule has 1 aromatic carbocycles. The number of pyridine rings is 2. The second-order valence-corrected chi connectivity index (χ2v) is 8.28. The number of anilines is 1. The summed E-state index contributed by atoms with van der Waals surface area (Å²) in [5.41, 5.74) is 0.864. The fraction of sp³-hybridized carbons (Fsp3) is 0.222. The molecule has 1 N–H and O–H groups in total. The van der Waals surface area contributed by atoms with E-state index in [-0.39, 0.29) is 5.69 Å². The lowest BCUT2D eigenvalue weighted by Crippen LogP contribution is -2.16. The number of ether oxygens (including phenoxy) is 4. The van der Waals surface area contributed by atoms with Gasteiger partial charge in [0, 0.05) is 30.0 Å². The predicted octanol–water partition coefficient (Wildman–Crippen LogP) is 4.18. The summed E-state index contributed by atoms with van der Waals surface area (Å²) in [7, 11) is 3.14. The number of hydrogen-bond acceptors (Lipinski definition) is 9. The van der Waals surface area contributed by atoms with E-state index in [0.29, 0.717) is 59.8 Å². The van der Waals surface area contributed by atoms with Gasteiger partial charge in [-0.25, -0.2) is 4.98 Å². The first-order chi connectivity index (χ1) is 19.1. The molecule has 5 rings (SSSR count). The minimum atomic E-state index is -0.432. The summed E-state index contributed by atoms with van der Waals surface area (Å²) in [4.78, 5) is 21.7. The molecule has 4 aromatic heterocycles. The first-order valence-corrected chi connectivity index (χ1v) is 12.2. The fourth-order valence-corrected chi connectivity index (χ4v) is 3.93. The first kappa shape index (κ1) is 25.5. The van der Waals surface area contributed by atoms with Crippen LogP contribution in [0.3, 0.4) is 0 Å². The number of carbonyl (C=O) groups is 1. The Morgan fingerprint density at radius 3 is 2.49 bits per heavy atom. The van der Waals surface area contributed by atoms with E-state index in [1.54, 1.807) is 66.4 Å². The van der Waals surface area contributed by atoms with Crippen LogP contribution in [0.5, 0.6) is 28.7 Å². The zero-order valence-electron chi connectivity index (χ0n) is 21.7. The number of aryl methyl sites for hydroxylation is 2. The zero-order chi connectivity index (χ0) is 27.2. The van der Waals surface area contributed by atoms with Crippen LogP contribution in [-0.4, -0.2) is 56.3 Å². The summed E-state index contributed by atoms with van der Waals surface area (Å²) in [5, 5.41) is 12.1. The minimum Gasteiger partial charge on any atom is -0.493 e. The van der Waals surface area contributed by atoms with Crippen LogP contribution >= 0.6 is 0 Å². The second kappa shape index (κ2) is 11.5. The lowest BCUT2D eigenvalue weighted by molar-refractivity contribution is 0.101. The molecule has 39 heavy (non-hydrogen) atoms. The van der Waals surface area contributed by atoms with Crippen LogP contribution in [0.4, 0.5) is 5.82 Å². The van der Waals surface area contributed by atoms with E-state index in [1.165, 1.54) is 6.20 Å². The summed E-state index contributed by atoms with van der Waals surface area (Å²) < 4.78 is 25.9. The van der Waals surface area contributed by atoms with Gasteiger partial charge < -0.3 is 24.3 Å². The first-order valence-electron chi connectivity index (χ1n) is 12.2. The van der Waals surface area contributed by atoms with Gasteiger partial charge in [0.1, 0.15) is 17.3 Å². The topological polar surface area (TPSA) is 127 Å². The monoisotopic (exact) mass is 529 g/mol. The van der Waals surface area contributed by atoms with Gasteiger partial charge in [0.05, 0.1) is 51.8 Å². The van der Waals surface area contributed by atoms with E-state index < -0.39 is 5.91 Å². The number of rotatable bonds is 11. The SMILES string of the molecule is CCOc1cn(CCn2cccn2)nc1C(=O)Nc1ccc(Oc2ccnc3cc(OC)c(OC)cc23)cn1. The zero-order valence-corrected chi connectivity index (χ0v) is 21.7. The van der Waals surface area contributed by atoms with Crippen molar-refractivity contribution < 1.29 is 23.7 Å². The number of amides is 1. The molecule has 0 saturated heterocycles. The Morgan fingerprint density at radius 1 is 0.949 bits per heavy atom. The van der Waals surface area contributed by atoms with Crippen LogP contribution in [0.2, 0.25) is 0 Å². The van der Waals surface area contributed by atoms with E-state index in [9.17, 15) is 4.79 Å². The van der Waals surface area contributed by atoms with E-state index >= 15 is 0 Å². The number of hydrogen-bond donors (Lipinski definition) is 1. The molecule has 12 nitrogen and oxygen atoms in total. The lowest BCUT2D eigenvalue weighted by Gasteiger charge is -2.12. The third kappa shape index (κ3) is 5.74. The largest absolute Gasteiger partial charge is 0.493 e. The molecule has 12 heteroatoms. The number of fused-ring (bicyclic) bond motifs is 1. The molecule has 5 aromatic rings. The Kier molecular flexibility index (Phi) is 7.53. The Bertz CT molecular complexity index is 1570. The highest BCUT2D eigenvalue weighted by Gasteiger charge is 2.19. The quantitative estimate of drug-likeness (QED) is 0.268. The molecule has 0 aliphatic rings. The standard InChI is InChI=1S/C27H27N7O5/c1-4-38-24-17-34(13-12-33-11-5-9-30-33)32-26(24)27(35)31-25-7-6-18(16-29-25)39-21-8-10-28-20-15-23(37-3)22(36-2)14-19(20)21/h5-11,14-17H,4,12-13H2,1-3H3,(H,29,31,35). The van der Waals surface area contributed by atoms with E-state index in [0.717, 1.165) is 5.39 Å². The van der Waals surface area contributed by atoms with Crippen molar-refractivity contribution in [2.24, 2.45) is 0 Å². The maximum atomic E-state index is 13.0. The minimum absolute atomic E-state index is 0.173. The van der Waals surface area contributed by atoms with Crippen molar-refractivity contribution in [3.8, 4) is 28.7 Å². The molecule has 1 amide bonds. The Morgan fingerprint density at radius 2 is 1.77 bits per heavy atom. The van der Waals surface area contributed by atoms with Crippen molar-refractivity contribution in [2.45, 2.75) is 20.0 Å². The Balaban J connectivity index is 1.29. The molecule has 0 atom stereocenters. The molecule has 0 aliphatic heterocycles. The van der Waals surface area contributed by atoms with E-state index in [1.807, 2.05) is 25.3 Å². The van der Waals surface area contributed by atoms with Gasteiger partial charge in [0.15, 0.2) is 22.9 Å². The van der Waals surface area contributed by atoms with Gasteiger partial charge in [-0.1, -0.05) is 0 Å². The molecule has 0 bridgehead atoms. The summed E-state index contributed by atoms with van der Waals surface area (Å²) >= 11 is 0. The molecule has 0 radical (unpaired) electrons. The van der Waals surface area contributed by atoms with Crippen LogP contribution in [0, 0.1) is 0 Å². The molecular formula is C27H27N7O5. The Hall–Kier alpha value is -5.13. The van der Waals surface area contributed by atoms with Gasteiger partial charge in [-0.15, -0.1) is 0 Å². The van der Waals surface area contributed by atoms with E-state index in [2.05, 4.69) is 25.5 Å². The molecule has 0 spiro atoms. The van der Waals surface area contributed by atoms with Crippen molar-refractivity contribution in [2.75, 3.05) is 26.1 Å². The van der Waals surface area contributed by atoms with Crippen molar-refractivity contribution in [3.05, 3.63) is 73.1 Å². The predicted molar refractivity (Wildman–Crippen MR) is 143 cm³/mol. The number of nitrogens with zero attached hydrogens (tertiary/aromatic N) is 6. The second-order valence-electron chi connectivity index (χ2n) is 8.28. The summed E-state index contributed by atoms with van der Waals surface area (Å²) in [5.74, 6) is 2.49. The highest BCUT2D eigenvalue weighted by atomic mass is 16.5. The smallest absolute Gasteiger partial charge is 0.281 e. The number of aromatic nitrogens is 6. The van der Waals surface area contributed by atoms with Gasteiger partial charge in [0.25, 0.3) is 5.91 Å². The van der Waals surface area contributed by atoms with Crippen molar-refractivity contribution >= 4 is 22.6 Å². The maximum Gasteiger partial charge on any atom is 0.281 e. The van der Waals surface area contributed by atoms with Crippen molar-refractivity contribution in [1.29, 1.82) is 0 Å². The fourth-order valence-electron chi connectivity index (χ4n) is 3.93. The molecule has 200 valence electrons. The molecule has 4 heterocycles. The van der Waals surface area contributed by atoms with Crippen LogP contribution < -0.4 is 24.3 Å². The summed E-state index contributed by atoms with van der Waals surface area (Å²) in [6.07, 6.45) is 8.45. The molecule has 0 fully saturated rings. The molecule has 0 unspecified atom stereocenters. The van der Waals surface area contributed by atoms with Crippen LogP contribution in [0.15, 0.2) is 67.4 Å². The van der Waals surface area contributed by atoms with Gasteiger partial charge >= 0.3 is 0 Å². The van der Waals surface area contributed by atoms with Crippen molar-refractivity contribution in [1.82, 2.24) is 29.5 Å². The highest BCUT2D eigenvalue weighted by molar-refractivity contribution is 6.04. The third-order valence-electron chi connectivity index (χ3n) is 5.77. The number of nitrogens with one attached hydrogen (secondary N) is 1. The highest BCUT2D eigenvalue weighted by Crippen LogP contribution is 2.36. The molecular weight excluding hydrogens is 502 g/mol. The third-order valence-corrected chi connectivity index (χ3v) is 5.77. The van der Waals surface area contributed by atoms with E-state index in [4.69, 9.17) is 18.9 Å². The van der Waals surface area contributed by atoms with Crippen LogP contribution in [-0.2, 0) is 13.1 Å². The number of benzene rings is 1. The maximum absolute atomic E-state index is 13.0. The van der Waals surface area contributed by atoms with Gasteiger partial charge in [-0.3, -0.25) is 19.1 Å². The number of methoxy groups -OCH3 is 2. The summed E-state index contributed by atoms with van der Waals surface area (Å²) in [6, 6.07) is 10.6. The van der Waals surface area contributed by atoms with Crippen LogP contribution in [0.1, 0.15) is 17.4 Å². The van der Waals surface area contributed by atoms with Gasteiger partial charge in [-0.2, -0.15) is 10.2 Å². The normalized spacial score (nSPS) is 10.8.